The van der Waals surface area contributed by atoms with Crippen molar-refractivity contribution in [3.63, 3.8) is 0 Å². The van der Waals surface area contributed by atoms with E-state index >= 15 is 0 Å². The minimum Gasteiger partial charge on any atom is -0.481 e. The number of fused-ring (bicyclic) bond motifs is 1. The molecule has 2 rings (SSSR count). The Balaban J connectivity index is 2.15. The smallest absolute Gasteiger partial charge is 0.303 e. The fourth-order valence-corrected chi connectivity index (χ4v) is 2.95. The van der Waals surface area contributed by atoms with Gasteiger partial charge in [-0.3, -0.25) is 9.59 Å². The van der Waals surface area contributed by atoms with Crippen LogP contribution in [0.25, 0.3) is 0 Å². The Morgan fingerprint density at radius 3 is 2.94 bits per heavy atom. The summed E-state index contributed by atoms with van der Waals surface area (Å²) in [5.41, 5.74) is 0.912. The number of rotatable bonds is 4. The lowest BCUT2D eigenvalue weighted by Crippen LogP contribution is -2.31. The molecule has 96 valence electrons. The van der Waals surface area contributed by atoms with E-state index in [0.717, 1.165) is 16.3 Å². The first-order valence-corrected chi connectivity index (χ1v) is 6.91. The van der Waals surface area contributed by atoms with E-state index in [1.54, 1.807) is 16.7 Å². The second kappa shape index (κ2) is 5.91. The van der Waals surface area contributed by atoms with E-state index in [1.807, 2.05) is 24.3 Å². The summed E-state index contributed by atoms with van der Waals surface area (Å²) in [6.07, 6.45) is 1.09. The van der Waals surface area contributed by atoms with Crippen molar-refractivity contribution in [3.8, 4) is 0 Å². The SMILES string of the molecule is O=C(O)CCCN1C(=O)CCSc2ccccc21. The molecule has 0 saturated carbocycles. The molecule has 0 spiro atoms. The molecular formula is C13H15NO3S. The maximum absolute atomic E-state index is 12.0. The van der Waals surface area contributed by atoms with Gasteiger partial charge in [0.15, 0.2) is 0 Å². The van der Waals surface area contributed by atoms with Gasteiger partial charge in [-0.25, -0.2) is 0 Å². The lowest BCUT2D eigenvalue weighted by Gasteiger charge is -2.22. The van der Waals surface area contributed by atoms with Crippen LogP contribution in [-0.4, -0.2) is 29.3 Å². The van der Waals surface area contributed by atoms with E-state index in [4.69, 9.17) is 5.11 Å². The molecule has 1 aromatic rings. The number of carbonyl (C=O) groups excluding carboxylic acids is 1. The molecule has 4 nitrogen and oxygen atoms in total. The van der Waals surface area contributed by atoms with Crippen LogP contribution in [0, 0.1) is 0 Å². The predicted molar refractivity (Wildman–Crippen MR) is 71.0 cm³/mol. The van der Waals surface area contributed by atoms with Gasteiger partial charge in [0.2, 0.25) is 5.91 Å². The average molecular weight is 265 g/mol. The highest BCUT2D eigenvalue weighted by molar-refractivity contribution is 7.99. The van der Waals surface area contributed by atoms with Gasteiger partial charge in [-0.1, -0.05) is 12.1 Å². The van der Waals surface area contributed by atoms with E-state index in [0.29, 0.717) is 19.4 Å². The van der Waals surface area contributed by atoms with Gasteiger partial charge in [0.1, 0.15) is 0 Å². The van der Waals surface area contributed by atoms with Crippen LogP contribution in [0.3, 0.4) is 0 Å². The Morgan fingerprint density at radius 1 is 1.39 bits per heavy atom. The highest BCUT2D eigenvalue weighted by atomic mass is 32.2. The Kier molecular flexibility index (Phi) is 4.25. The molecular weight excluding hydrogens is 250 g/mol. The van der Waals surface area contributed by atoms with Gasteiger partial charge in [-0.15, -0.1) is 11.8 Å². The number of hydrogen-bond acceptors (Lipinski definition) is 3. The second-order valence-electron chi connectivity index (χ2n) is 4.11. The van der Waals surface area contributed by atoms with E-state index in [9.17, 15) is 9.59 Å². The molecule has 18 heavy (non-hydrogen) atoms. The van der Waals surface area contributed by atoms with Crippen molar-refractivity contribution in [3.05, 3.63) is 24.3 Å². The zero-order valence-electron chi connectivity index (χ0n) is 9.96. The summed E-state index contributed by atoms with van der Waals surface area (Å²) in [6.45, 7) is 0.475. The highest BCUT2D eigenvalue weighted by Gasteiger charge is 2.21. The van der Waals surface area contributed by atoms with E-state index in [-0.39, 0.29) is 12.3 Å². The third-order valence-corrected chi connectivity index (χ3v) is 3.87. The first-order chi connectivity index (χ1) is 8.68. The fraction of sp³-hybridized carbons (Fsp3) is 0.385. The summed E-state index contributed by atoms with van der Waals surface area (Å²) < 4.78 is 0. The van der Waals surface area contributed by atoms with Gasteiger partial charge in [-0.05, 0) is 18.6 Å². The highest BCUT2D eigenvalue weighted by Crippen LogP contribution is 2.34. The maximum Gasteiger partial charge on any atom is 0.303 e. The summed E-state index contributed by atoms with van der Waals surface area (Å²) in [6, 6.07) is 7.79. The molecule has 0 fully saturated rings. The number of aliphatic carboxylic acids is 1. The Bertz CT molecular complexity index is 461. The van der Waals surface area contributed by atoms with Crippen molar-refractivity contribution in [1.82, 2.24) is 0 Å². The van der Waals surface area contributed by atoms with Gasteiger partial charge in [0.05, 0.1) is 5.69 Å². The molecule has 0 saturated heterocycles. The molecule has 1 N–H and O–H groups in total. The summed E-state index contributed by atoms with van der Waals surface area (Å²) in [5, 5.41) is 8.65. The molecule has 1 aliphatic rings. The molecule has 0 aliphatic carbocycles. The number of nitrogens with zero attached hydrogens (tertiary/aromatic N) is 1. The number of para-hydroxylation sites is 1. The first-order valence-electron chi connectivity index (χ1n) is 5.92. The van der Waals surface area contributed by atoms with E-state index in [1.165, 1.54) is 0 Å². The summed E-state index contributed by atoms with van der Waals surface area (Å²) in [5.74, 6) is 0.0448. The van der Waals surface area contributed by atoms with Gasteiger partial charge in [-0.2, -0.15) is 0 Å². The molecule has 0 atom stereocenters. The lowest BCUT2D eigenvalue weighted by atomic mass is 10.2. The number of carboxylic acids is 1. The summed E-state index contributed by atoms with van der Waals surface area (Å²) >= 11 is 1.68. The van der Waals surface area contributed by atoms with Crippen LogP contribution in [0.5, 0.6) is 0 Å². The predicted octanol–water partition coefficient (Wildman–Crippen LogP) is 2.38. The van der Waals surface area contributed by atoms with Crippen LogP contribution < -0.4 is 4.90 Å². The summed E-state index contributed by atoms with van der Waals surface area (Å²) in [7, 11) is 0. The standard InChI is InChI=1S/C13H15NO3S/c15-12-7-9-18-11-5-2-1-4-10(11)14(12)8-3-6-13(16)17/h1-2,4-5H,3,6-9H2,(H,16,17). The second-order valence-corrected chi connectivity index (χ2v) is 5.25. The largest absolute Gasteiger partial charge is 0.481 e. The molecule has 1 amide bonds. The van der Waals surface area contributed by atoms with Gasteiger partial charge >= 0.3 is 5.97 Å². The van der Waals surface area contributed by atoms with Gasteiger partial charge in [0, 0.05) is 30.0 Å². The van der Waals surface area contributed by atoms with Crippen molar-refractivity contribution in [2.24, 2.45) is 0 Å². The van der Waals surface area contributed by atoms with Crippen molar-refractivity contribution < 1.29 is 14.7 Å². The average Bonchev–Trinajstić information content (AvgIpc) is 2.49. The molecule has 0 unspecified atom stereocenters. The number of carboxylic acid groups (broad SMARTS) is 1. The molecule has 1 heterocycles. The Labute approximate surface area is 110 Å². The fourth-order valence-electron chi connectivity index (χ4n) is 1.95. The number of thioether (sulfide) groups is 1. The normalized spacial score (nSPS) is 15.1. The van der Waals surface area contributed by atoms with E-state index < -0.39 is 5.97 Å². The molecule has 5 heteroatoms. The first kappa shape index (κ1) is 13.0. The molecule has 0 bridgehead atoms. The summed E-state index contributed by atoms with van der Waals surface area (Å²) in [4.78, 5) is 25.4. The zero-order chi connectivity index (χ0) is 13.0. The molecule has 1 aromatic carbocycles. The van der Waals surface area contributed by atoms with Crippen LogP contribution in [0.2, 0.25) is 0 Å². The lowest BCUT2D eigenvalue weighted by molar-refractivity contribution is -0.137. The molecule has 1 aliphatic heterocycles. The quantitative estimate of drug-likeness (QED) is 0.908. The van der Waals surface area contributed by atoms with Crippen molar-refractivity contribution in [1.29, 1.82) is 0 Å². The number of hydrogen-bond donors (Lipinski definition) is 1. The van der Waals surface area contributed by atoms with Crippen LogP contribution in [0.15, 0.2) is 29.2 Å². The third kappa shape index (κ3) is 3.04. The van der Waals surface area contributed by atoms with Crippen molar-refractivity contribution in [2.75, 3.05) is 17.2 Å². The number of carbonyl (C=O) groups is 2. The monoisotopic (exact) mass is 265 g/mol. The van der Waals surface area contributed by atoms with Gasteiger partial charge < -0.3 is 10.0 Å². The number of anilines is 1. The van der Waals surface area contributed by atoms with Crippen molar-refractivity contribution >= 4 is 29.3 Å². The van der Waals surface area contributed by atoms with Gasteiger partial charge in [0.25, 0.3) is 0 Å². The topological polar surface area (TPSA) is 57.6 Å². The van der Waals surface area contributed by atoms with Crippen molar-refractivity contribution in [2.45, 2.75) is 24.2 Å². The minimum absolute atomic E-state index is 0.0813. The minimum atomic E-state index is -0.820. The maximum atomic E-state index is 12.0. The van der Waals surface area contributed by atoms with E-state index in [2.05, 4.69) is 0 Å². The van der Waals surface area contributed by atoms with Crippen LogP contribution in [-0.2, 0) is 9.59 Å². The Hall–Kier alpha value is -1.49. The van der Waals surface area contributed by atoms with Crippen LogP contribution in [0.1, 0.15) is 19.3 Å². The number of benzene rings is 1. The van der Waals surface area contributed by atoms with Crippen LogP contribution in [0.4, 0.5) is 5.69 Å². The molecule has 0 radical (unpaired) electrons. The zero-order valence-corrected chi connectivity index (χ0v) is 10.8. The van der Waals surface area contributed by atoms with Crippen LogP contribution >= 0.6 is 11.8 Å². The molecule has 0 aromatic heterocycles. The number of amides is 1. The third-order valence-electron chi connectivity index (χ3n) is 2.80. The Morgan fingerprint density at radius 2 is 2.17 bits per heavy atom.